The summed E-state index contributed by atoms with van der Waals surface area (Å²) >= 11 is 0. The number of nitrogens with two attached hydrogens (primary N) is 3. The first kappa shape index (κ1) is 93.7. The van der Waals surface area contributed by atoms with Gasteiger partial charge in [-0.05, 0) is 111 Å². The fraction of sp³-hybridized carbons (Fsp3) is 0.507. The smallest absolute Gasteiger partial charge is 0.373 e. The van der Waals surface area contributed by atoms with Crippen LogP contribution in [0.3, 0.4) is 0 Å². The third-order valence-electron chi connectivity index (χ3n) is 16.6. The highest BCUT2D eigenvalue weighted by molar-refractivity contribution is 7.90. The monoisotopic (exact) mass is 1530 g/mol. The molecule has 0 spiro atoms. The second kappa shape index (κ2) is 53.4. The third-order valence-corrected chi connectivity index (χ3v) is 17.6. The maximum atomic E-state index is 11.8. The molecular weight excluding hydrogens is 1430 g/mol. The van der Waals surface area contributed by atoms with E-state index in [1.807, 2.05) is 43.3 Å². The maximum Gasteiger partial charge on any atom is 0.373 e. The molecule has 0 saturated carbocycles. The normalized spacial score (nSPS) is 11.1. The van der Waals surface area contributed by atoms with Gasteiger partial charge in [0.15, 0.2) is 11.6 Å². The summed E-state index contributed by atoms with van der Waals surface area (Å²) in [6.45, 7) is 14.9. The molecule has 0 aliphatic rings. The first-order chi connectivity index (χ1) is 52.5. The fourth-order valence-corrected chi connectivity index (χ4v) is 12.3. The molecule has 0 amide bonds. The highest BCUT2D eigenvalue weighted by Gasteiger charge is 2.24. The number of aromatic amines is 2. The molecule has 36 heteroatoms. The van der Waals surface area contributed by atoms with Gasteiger partial charge < -0.3 is 57.6 Å². The second-order valence-electron chi connectivity index (χ2n) is 24.5. The lowest BCUT2D eigenvalue weighted by Crippen LogP contribution is -2.25. The quantitative estimate of drug-likeness (QED) is 0.0187. The van der Waals surface area contributed by atoms with Gasteiger partial charge in [-0.25, -0.2) is 23.4 Å². The largest absolute Gasteiger partial charge is 0.496 e. The summed E-state index contributed by atoms with van der Waals surface area (Å²) in [4.78, 5) is 92.1. The SMILES string of the molecule is CCCC[C@@H](CCO)Nc1nc(N)nc(CC)c1Cc1cc(C)ccc1OC.CCCC[C@@H](CCO)Nc1nc(N)nc(CC)c1Cc1cc(Cc2nn[nH]n2)ccc1OC.CCCC[C@@H](CCS(C)(=O)=O)Nc1nc(N)nc(CC)c1Cc1cc(Cc2nn[nH]n2)ccc1OC.O=C=O.O=C=O.O=C=O.O=C=O. The van der Waals surface area contributed by atoms with E-state index in [-0.39, 0.29) is 79.5 Å². The van der Waals surface area contributed by atoms with Crippen LogP contribution in [-0.2, 0) is 99.6 Å². The summed E-state index contributed by atoms with van der Waals surface area (Å²) < 4.78 is 40.5. The molecule has 35 nitrogen and oxygen atoms in total. The molecule has 0 bridgehead atoms. The van der Waals surface area contributed by atoms with Crippen LogP contribution in [0.15, 0.2) is 54.6 Å². The molecule has 3 atom stereocenters. The molecule has 0 unspecified atom stereocenters. The Morgan fingerprint density at radius 1 is 0.459 bits per heavy atom. The molecule has 5 heterocycles. The minimum Gasteiger partial charge on any atom is -0.496 e. The average Bonchev–Trinajstić information content (AvgIpc) is 1.17. The number of aromatic nitrogens is 14. The molecular formula is C73H104N20O15S. The summed E-state index contributed by atoms with van der Waals surface area (Å²) in [6.07, 6.45) is 18.2. The number of aryl methyl sites for hydroxylation is 4. The van der Waals surface area contributed by atoms with Gasteiger partial charge in [0.2, 0.25) is 17.8 Å². The highest BCUT2D eigenvalue weighted by Crippen LogP contribution is 2.33. The molecule has 0 aliphatic heterocycles. The Bertz CT molecular complexity index is 4160. The van der Waals surface area contributed by atoms with E-state index in [9.17, 15) is 18.6 Å². The van der Waals surface area contributed by atoms with E-state index < -0.39 is 9.84 Å². The van der Waals surface area contributed by atoms with Crippen LogP contribution in [0.1, 0.15) is 197 Å². The van der Waals surface area contributed by atoms with Crippen molar-refractivity contribution in [3.8, 4) is 17.2 Å². The summed E-state index contributed by atoms with van der Waals surface area (Å²) in [7, 11) is 1.92. The van der Waals surface area contributed by atoms with Crippen molar-refractivity contribution >= 4 is 69.7 Å². The number of aliphatic hydroxyl groups is 2. The minimum atomic E-state index is -3.08. The van der Waals surface area contributed by atoms with Gasteiger partial charge in [0.1, 0.15) is 44.5 Å². The molecule has 8 rings (SSSR count). The van der Waals surface area contributed by atoms with Gasteiger partial charge in [-0.1, -0.05) is 132 Å². The van der Waals surface area contributed by atoms with Crippen molar-refractivity contribution in [3.05, 3.63) is 133 Å². The molecule has 8 aromatic rings. The number of methoxy groups -OCH3 is 3. The van der Waals surface area contributed by atoms with Crippen LogP contribution in [-0.4, -0.2) is 179 Å². The van der Waals surface area contributed by atoms with Crippen LogP contribution in [0, 0.1) is 6.92 Å². The zero-order valence-electron chi connectivity index (χ0n) is 63.9. The van der Waals surface area contributed by atoms with Gasteiger partial charge in [0, 0.05) is 86.4 Å². The second-order valence-corrected chi connectivity index (χ2v) is 26.8. The van der Waals surface area contributed by atoms with Crippen LogP contribution in [0.5, 0.6) is 17.2 Å². The minimum absolute atomic E-state index is 0.0519. The number of anilines is 6. The predicted molar refractivity (Wildman–Crippen MR) is 402 cm³/mol. The lowest BCUT2D eigenvalue weighted by molar-refractivity contribution is -0.193. The number of tetrazole rings is 2. The Morgan fingerprint density at radius 2 is 0.771 bits per heavy atom. The van der Waals surface area contributed by atoms with Crippen LogP contribution in [0.25, 0.3) is 0 Å². The standard InChI is InChI=1S/C24H36N8O3S.C23H34N8O2.C22H34N4O2.4CO2/c1-5-7-8-18(11-12-36(4,33)34)26-23-19(20(6-2)27-24(25)28-23)15-17-13-16(9-10-21(17)35-3)14-22-29-31-32-30-22;1-4-6-7-17(10-11-32)25-22-18(19(5-2)26-23(24)27-22)14-16-12-15(8-9-20(16)33-3)13-21-28-30-31-29-21;1-5-7-8-17(11-12-27)24-21-18(19(6-2)25-22(23)26-21)14-16-13-15(3)9-10-20(16)28-4;4*2-1-3/h9-10,13,18H,5-8,11-12,14-15H2,1-4H3,(H3,25,26,27,28)(H,29,30,31,32);8-9,12,17,32H,4-7,10-11,13-14H2,1-3H3,(H3,24,25,26,27)(H,28,29,30,31);9-10,13,17,27H,5-8,11-12,14H2,1-4H3,(H3,23,24,25,26);;;;/t18-;2*17-;;;;/m000..../s1. The first-order valence-electron chi connectivity index (χ1n) is 35.5. The van der Waals surface area contributed by atoms with Gasteiger partial charge in [-0.3, -0.25) is 0 Å². The summed E-state index contributed by atoms with van der Waals surface area (Å²) in [6, 6.07) is 18.4. The highest BCUT2D eigenvalue weighted by atomic mass is 32.2. The maximum absolute atomic E-state index is 11.8. The van der Waals surface area contributed by atoms with Crippen molar-refractivity contribution in [2.75, 3.05) is 79.7 Å². The van der Waals surface area contributed by atoms with E-state index in [0.717, 1.165) is 161 Å². The third kappa shape index (κ3) is 34.8. The lowest BCUT2D eigenvalue weighted by Gasteiger charge is -2.22. The number of rotatable bonds is 38. The Hall–Kier alpha value is -11.4. The van der Waals surface area contributed by atoms with E-state index in [1.54, 1.807) is 21.3 Å². The van der Waals surface area contributed by atoms with Gasteiger partial charge >= 0.3 is 24.6 Å². The number of sulfone groups is 1. The Morgan fingerprint density at radius 3 is 1.05 bits per heavy atom. The van der Waals surface area contributed by atoms with E-state index in [1.165, 1.54) is 11.8 Å². The molecule has 0 aliphatic carbocycles. The van der Waals surface area contributed by atoms with E-state index >= 15 is 0 Å². The molecule has 592 valence electrons. The summed E-state index contributed by atoms with van der Waals surface area (Å²) in [5.74, 6) is 6.56. The summed E-state index contributed by atoms with van der Waals surface area (Å²) in [5.41, 5.74) is 30.1. The van der Waals surface area contributed by atoms with E-state index in [0.29, 0.717) is 75.3 Å². The Labute approximate surface area is 634 Å². The molecule has 3 aromatic carbocycles. The number of benzene rings is 3. The van der Waals surface area contributed by atoms with Crippen molar-refractivity contribution in [1.82, 2.24) is 71.2 Å². The number of unbranched alkanes of at least 4 members (excludes halogenated alkanes) is 3. The number of aliphatic hydroxyl groups excluding tert-OH is 2. The Kier molecular flexibility index (Phi) is 45.9. The van der Waals surface area contributed by atoms with Crippen molar-refractivity contribution in [2.24, 2.45) is 0 Å². The van der Waals surface area contributed by atoms with Crippen LogP contribution in [0.2, 0.25) is 0 Å². The number of nitrogen functional groups attached to an aromatic ring is 3. The van der Waals surface area contributed by atoms with Crippen LogP contribution >= 0.6 is 0 Å². The average molecular weight is 1530 g/mol. The van der Waals surface area contributed by atoms with Crippen molar-refractivity contribution in [3.63, 3.8) is 0 Å². The van der Waals surface area contributed by atoms with Crippen LogP contribution in [0.4, 0.5) is 35.3 Å². The van der Waals surface area contributed by atoms with Crippen molar-refractivity contribution < 1.29 is 71.2 Å². The molecule has 5 aromatic heterocycles. The Balaban J connectivity index is 0.000000519. The van der Waals surface area contributed by atoms with Gasteiger partial charge in [0.25, 0.3) is 0 Å². The van der Waals surface area contributed by atoms with Gasteiger partial charge in [-0.2, -0.15) is 63.7 Å². The molecule has 13 N–H and O–H groups in total. The number of ether oxygens (including phenoxy) is 3. The molecule has 109 heavy (non-hydrogen) atoms. The zero-order valence-corrected chi connectivity index (χ0v) is 64.7. The number of hydrogen-bond donors (Lipinski definition) is 10. The number of H-pyrrole nitrogens is 2. The molecule has 0 fully saturated rings. The zero-order chi connectivity index (χ0) is 81.1. The molecule has 0 saturated heterocycles. The number of hydrogen-bond acceptors (Lipinski definition) is 33. The van der Waals surface area contributed by atoms with Crippen molar-refractivity contribution in [1.29, 1.82) is 0 Å². The van der Waals surface area contributed by atoms with Gasteiger partial charge in [-0.15, -0.1) is 20.4 Å². The van der Waals surface area contributed by atoms with Crippen molar-refractivity contribution in [2.45, 2.75) is 195 Å². The number of nitrogens with zero attached hydrogens (tertiary/aromatic N) is 12. The number of carbonyl (C=O) groups excluding carboxylic acids is 8. The fourth-order valence-electron chi connectivity index (χ4n) is 11.6. The van der Waals surface area contributed by atoms with E-state index in [2.05, 4.69) is 147 Å². The lowest BCUT2D eigenvalue weighted by atomic mass is 9.98. The topological polar surface area (TPSA) is 539 Å². The number of nitrogens with one attached hydrogen (secondary N) is 5. The van der Waals surface area contributed by atoms with E-state index in [4.69, 9.17) is 69.8 Å². The molecule has 0 radical (unpaired) electrons. The first-order valence-corrected chi connectivity index (χ1v) is 37.5. The summed E-state index contributed by atoms with van der Waals surface area (Å²) in [5, 5.41) is 58.0. The van der Waals surface area contributed by atoms with Gasteiger partial charge in [0.05, 0.1) is 44.2 Å². The van der Waals surface area contributed by atoms with Crippen LogP contribution < -0.4 is 47.4 Å². The predicted octanol–water partition coefficient (Wildman–Crippen LogP) is 6.96.